The van der Waals surface area contributed by atoms with Gasteiger partial charge in [0.05, 0.1) is 6.42 Å². The van der Waals surface area contributed by atoms with Crippen molar-refractivity contribution in [3.05, 3.63) is 0 Å². The number of carboxylic acids is 1. The summed E-state index contributed by atoms with van der Waals surface area (Å²) in [5.74, 6) is -0.704. The van der Waals surface area contributed by atoms with Gasteiger partial charge < -0.3 is 10.8 Å². The lowest BCUT2D eigenvalue weighted by Crippen LogP contribution is -2.41. The average Bonchev–Trinajstić information content (AvgIpc) is 2.29. The van der Waals surface area contributed by atoms with Crippen LogP contribution in [0, 0.1) is 5.41 Å². The lowest BCUT2D eigenvalue weighted by molar-refractivity contribution is -0.140. The molecule has 1 rings (SSSR count). The van der Waals surface area contributed by atoms with Crippen LogP contribution in [0.4, 0.5) is 0 Å². The first-order chi connectivity index (χ1) is 6.57. The Bertz CT molecular complexity index is 193. The van der Waals surface area contributed by atoms with Crippen LogP contribution in [-0.2, 0) is 4.79 Å². The highest BCUT2D eigenvalue weighted by molar-refractivity contribution is 5.67. The maximum atomic E-state index is 10.8. The van der Waals surface area contributed by atoms with E-state index in [0.29, 0.717) is 0 Å². The van der Waals surface area contributed by atoms with Crippen LogP contribution in [0.2, 0.25) is 0 Å². The van der Waals surface area contributed by atoms with Gasteiger partial charge in [0, 0.05) is 6.04 Å². The zero-order valence-electron chi connectivity index (χ0n) is 8.96. The Hall–Kier alpha value is -0.570. The van der Waals surface area contributed by atoms with E-state index in [9.17, 15) is 4.79 Å². The van der Waals surface area contributed by atoms with Gasteiger partial charge in [-0.2, -0.15) is 0 Å². The van der Waals surface area contributed by atoms with E-state index in [2.05, 4.69) is 0 Å². The molecule has 1 saturated carbocycles. The van der Waals surface area contributed by atoms with E-state index in [0.717, 1.165) is 25.7 Å². The van der Waals surface area contributed by atoms with Gasteiger partial charge in [0.2, 0.25) is 0 Å². The van der Waals surface area contributed by atoms with Crippen molar-refractivity contribution >= 4 is 5.97 Å². The maximum absolute atomic E-state index is 10.8. The molecule has 0 amide bonds. The van der Waals surface area contributed by atoms with E-state index in [-0.39, 0.29) is 17.9 Å². The summed E-state index contributed by atoms with van der Waals surface area (Å²) < 4.78 is 0. The molecule has 3 heteroatoms. The molecule has 0 radical (unpaired) electrons. The fourth-order valence-corrected chi connectivity index (χ4v) is 2.53. The predicted octanol–water partition coefficient (Wildman–Crippen LogP) is 2.15. The van der Waals surface area contributed by atoms with Crippen molar-refractivity contribution in [2.24, 2.45) is 11.1 Å². The first-order valence-electron chi connectivity index (χ1n) is 5.54. The average molecular weight is 199 g/mol. The van der Waals surface area contributed by atoms with Gasteiger partial charge in [-0.25, -0.2) is 0 Å². The highest BCUT2D eigenvalue weighted by Gasteiger charge is 2.36. The van der Waals surface area contributed by atoms with Gasteiger partial charge in [-0.05, 0) is 25.2 Å². The van der Waals surface area contributed by atoms with Crippen LogP contribution in [-0.4, -0.2) is 17.1 Å². The van der Waals surface area contributed by atoms with Crippen molar-refractivity contribution < 1.29 is 9.90 Å². The quantitative estimate of drug-likeness (QED) is 0.684. The summed E-state index contributed by atoms with van der Waals surface area (Å²) in [6.45, 7) is 1.95. The topological polar surface area (TPSA) is 63.3 Å². The minimum atomic E-state index is -0.704. The number of nitrogens with two attached hydrogens (primary N) is 1. The summed E-state index contributed by atoms with van der Waals surface area (Å²) in [5.41, 5.74) is 5.82. The van der Waals surface area contributed by atoms with Gasteiger partial charge in [0.15, 0.2) is 0 Å². The van der Waals surface area contributed by atoms with Crippen molar-refractivity contribution in [1.82, 2.24) is 0 Å². The molecule has 14 heavy (non-hydrogen) atoms. The van der Waals surface area contributed by atoms with Crippen LogP contribution in [0.5, 0.6) is 0 Å². The molecule has 1 aliphatic rings. The Morgan fingerprint density at radius 1 is 1.36 bits per heavy atom. The molecule has 3 nitrogen and oxygen atoms in total. The Morgan fingerprint density at radius 2 is 1.86 bits per heavy atom. The number of hydrogen-bond donors (Lipinski definition) is 2. The van der Waals surface area contributed by atoms with Crippen molar-refractivity contribution in [3.63, 3.8) is 0 Å². The SMILES string of the molecule is CC(N)C1(CC(=O)O)CCCCCC1. The van der Waals surface area contributed by atoms with E-state index in [1.54, 1.807) is 0 Å². The third-order valence-electron chi connectivity index (χ3n) is 3.57. The van der Waals surface area contributed by atoms with Crippen molar-refractivity contribution in [2.75, 3.05) is 0 Å². The molecular weight excluding hydrogens is 178 g/mol. The number of rotatable bonds is 3. The monoisotopic (exact) mass is 199 g/mol. The second kappa shape index (κ2) is 4.78. The first kappa shape index (κ1) is 11.5. The molecule has 1 unspecified atom stereocenters. The molecule has 0 aromatic carbocycles. The minimum absolute atomic E-state index is 0.00306. The smallest absolute Gasteiger partial charge is 0.303 e. The Balaban J connectivity index is 2.72. The van der Waals surface area contributed by atoms with Crippen LogP contribution < -0.4 is 5.73 Å². The molecule has 1 aliphatic carbocycles. The number of hydrogen-bond acceptors (Lipinski definition) is 2. The standard InChI is InChI=1S/C11H21NO2/c1-9(12)11(8-10(13)14)6-4-2-3-5-7-11/h9H,2-8,12H2,1H3,(H,13,14). The van der Waals surface area contributed by atoms with Crippen molar-refractivity contribution in [2.45, 2.75) is 57.9 Å². The first-order valence-corrected chi connectivity index (χ1v) is 5.54. The van der Waals surface area contributed by atoms with Crippen LogP contribution in [0.3, 0.4) is 0 Å². The number of aliphatic carboxylic acids is 1. The molecule has 3 N–H and O–H groups in total. The minimum Gasteiger partial charge on any atom is -0.481 e. The normalized spacial score (nSPS) is 23.9. The summed E-state index contributed by atoms with van der Waals surface area (Å²) in [6.07, 6.45) is 6.93. The third-order valence-corrected chi connectivity index (χ3v) is 3.57. The van der Waals surface area contributed by atoms with Gasteiger partial charge in [-0.15, -0.1) is 0 Å². The Morgan fingerprint density at radius 3 is 2.21 bits per heavy atom. The highest BCUT2D eigenvalue weighted by atomic mass is 16.4. The van der Waals surface area contributed by atoms with Gasteiger partial charge in [0.1, 0.15) is 0 Å². The molecular formula is C11H21NO2. The molecule has 1 fully saturated rings. The fraction of sp³-hybridized carbons (Fsp3) is 0.909. The van der Waals surface area contributed by atoms with Crippen LogP contribution in [0.1, 0.15) is 51.9 Å². The molecule has 1 atom stereocenters. The Labute approximate surface area is 85.7 Å². The van der Waals surface area contributed by atoms with E-state index >= 15 is 0 Å². The summed E-state index contributed by atoms with van der Waals surface area (Å²) in [5, 5.41) is 8.92. The fourth-order valence-electron chi connectivity index (χ4n) is 2.53. The van der Waals surface area contributed by atoms with Gasteiger partial charge in [-0.3, -0.25) is 4.79 Å². The molecule has 0 saturated heterocycles. The third kappa shape index (κ3) is 2.71. The molecule has 0 heterocycles. The summed E-state index contributed by atoms with van der Waals surface area (Å²) >= 11 is 0. The maximum Gasteiger partial charge on any atom is 0.303 e. The Kier molecular flexibility index (Phi) is 3.93. The summed E-state index contributed by atoms with van der Waals surface area (Å²) in [6, 6.07) is -0.00306. The second-order valence-corrected chi connectivity index (χ2v) is 4.64. The van der Waals surface area contributed by atoms with E-state index < -0.39 is 5.97 Å². The largest absolute Gasteiger partial charge is 0.481 e. The van der Waals surface area contributed by atoms with Crippen molar-refractivity contribution in [3.8, 4) is 0 Å². The lowest BCUT2D eigenvalue weighted by atomic mass is 9.72. The van der Waals surface area contributed by atoms with E-state index in [1.807, 2.05) is 6.92 Å². The van der Waals surface area contributed by atoms with E-state index in [4.69, 9.17) is 10.8 Å². The zero-order valence-corrected chi connectivity index (χ0v) is 8.96. The van der Waals surface area contributed by atoms with Gasteiger partial charge >= 0.3 is 5.97 Å². The molecule has 0 aliphatic heterocycles. The highest BCUT2D eigenvalue weighted by Crippen LogP contribution is 2.40. The molecule has 82 valence electrons. The number of carbonyl (C=O) groups is 1. The molecule has 0 aromatic heterocycles. The lowest BCUT2D eigenvalue weighted by Gasteiger charge is -2.35. The van der Waals surface area contributed by atoms with Gasteiger partial charge in [-0.1, -0.05) is 25.7 Å². The van der Waals surface area contributed by atoms with Crippen LogP contribution in [0.15, 0.2) is 0 Å². The van der Waals surface area contributed by atoms with Crippen LogP contribution in [0.25, 0.3) is 0 Å². The zero-order chi connectivity index (χ0) is 10.6. The number of carboxylic acid groups (broad SMARTS) is 1. The molecule has 0 spiro atoms. The van der Waals surface area contributed by atoms with Crippen LogP contribution >= 0.6 is 0 Å². The molecule has 0 aromatic rings. The molecule has 0 bridgehead atoms. The van der Waals surface area contributed by atoms with Crippen molar-refractivity contribution in [1.29, 1.82) is 0 Å². The van der Waals surface area contributed by atoms with E-state index in [1.165, 1.54) is 12.8 Å². The summed E-state index contributed by atoms with van der Waals surface area (Å²) in [7, 11) is 0. The second-order valence-electron chi connectivity index (χ2n) is 4.64. The van der Waals surface area contributed by atoms with Gasteiger partial charge in [0.25, 0.3) is 0 Å². The summed E-state index contributed by atoms with van der Waals surface area (Å²) in [4.78, 5) is 10.8. The predicted molar refractivity (Wildman–Crippen MR) is 56.0 cm³/mol.